The lowest BCUT2D eigenvalue weighted by Crippen LogP contribution is -2.39. The summed E-state index contributed by atoms with van der Waals surface area (Å²) in [6.07, 6.45) is 0.734. The van der Waals surface area contributed by atoms with Gasteiger partial charge < -0.3 is 19.9 Å². The summed E-state index contributed by atoms with van der Waals surface area (Å²) < 4.78 is 11.0. The number of benzene rings is 1. The van der Waals surface area contributed by atoms with Crippen LogP contribution in [-0.4, -0.2) is 36.2 Å². The highest BCUT2D eigenvalue weighted by Gasteiger charge is 2.44. The van der Waals surface area contributed by atoms with E-state index >= 15 is 0 Å². The SMILES string of the molecule is C[C@@H](NC(=O)[C@H]1C[C@H]1c1ccc2c(c1)OCCO2)C(=O)O. The minimum absolute atomic E-state index is 0.127. The Morgan fingerprint density at radius 2 is 2.00 bits per heavy atom. The number of aliphatic carboxylic acids is 1. The Kier molecular flexibility index (Phi) is 3.45. The normalized spacial score (nSPS) is 24.0. The Bertz CT molecular complexity index is 585. The number of carbonyl (C=O) groups excluding carboxylic acids is 1. The molecule has 6 nitrogen and oxygen atoms in total. The van der Waals surface area contributed by atoms with Gasteiger partial charge in [0.05, 0.1) is 0 Å². The zero-order chi connectivity index (χ0) is 15.0. The highest BCUT2D eigenvalue weighted by atomic mass is 16.6. The van der Waals surface area contributed by atoms with Crippen LogP contribution in [0.1, 0.15) is 24.8 Å². The van der Waals surface area contributed by atoms with Gasteiger partial charge in [-0.25, -0.2) is 0 Å². The van der Waals surface area contributed by atoms with Crippen molar-refractivity contribution in [2.24, 2.45) is 5.92 Å². The van der Waals surface area contributed by atoms with Gasteiger partial charge in [-0.3, -0.25) is 9.59 Å². The Morgan fingerprint density at radius 1 is 1.29 bits per heavy atom. The first-order valence-electron chi connectivity index (χ1n) is 6.99. The summed E-state index contributed by atoms with van der Waals surface area (Å²) >= 11 is 0. The van der Waals surface area contributed by atoms with Crippen molar-refractivity contribution in [1.29, 1.82) is 0 Å². The highest BCUT2D eigenvalue weighted by Crippen LogP contribution is 2.49. The standard InChI is InChI=1S/C15H17NO5/c1-8(15(18)19)16-14(17)11-7-10(11)9-2-3-12-13(6-9)21-5-4-20-12/h2-3,6,8,10-11H,4-5,7H2,1H3,(H,16,17)(H,18,19)/t8-,10+,11+/m1/s1. The van der Waals surface area contributed by atoms with E-state index in [1.54, 1.807) is 0 Å². The van der Waals surface area contributed by atoms with Gasteiger partial charge in [0, 0.05) is 5.92 Å². The summed E-state index contributed by atoms with van der Waals surface area (Å²) in [6.45, 7) is 2.54. The van der Waals surface area contributed by atoms with Crippen molar-refractivity contribution in [2.75, 3.05) is 13.2 Å². The van der Waals surface area contributed by atoms with Crippen LogP contribution in [0.25, 0.3) is 0 Å². The molecule has 3 atom stereocenters. The topological polar surface area (TPSA) is 84.9 Å². The number of ether oxygens (including phenoxy) is 2. The van der Waals surface area contributed by atoms with Gasteiger partial charge in [-0.15, -0.1) is 0 Å². The Morgan fingerprint density at radius 3 is 2.71 bits per heavy atom. The second-order valence-corrected chi connectivity index (χ2v) is 5.42. The molecule has 1 heterocycles. The second-order valence-electron chi connectivity index (χ2n) is 5.42. The fourth-order valence-corrected chi connectivity index (χ4v) is 2.53. The van der Waals surface area contributed by atoms with Crippen LogP contribution >= 0.6 is 0 Å². The lowest BCUT2D eigenvalue weighted by Gasteiger charge is -2.18. The number of hydrogen-bond donors (Lipinski definition) is 2. The number of carboxylic acid groups (broad SMARTS) is 1. The first-order valence-corrected chi connectivity index (χ1v) is 6.99. The Hall–Kier alpha value is -2.24. The quantitative estimate of drug-likeness (QED) is 0.869. The van der Waals surface area contributed by atoms with Crippen LogP contribution in [0.15, 0.2) is 18.2 Å². The predicted molar refractivity (Wildman–Crippen MR) is 73.5 cm³/mol. The van der Waals surface area contributed by atoms with Crippen molar-refractivity contribution in [3.63, 3.8) is 0 Å². The number of nitrogens with one attached hydrogen (secondary N) is 1. The summed E-state index contributed by atoms with van der Waals surface area (Å²) in [6, 6.07) is 4.84. The van der Waals surface area contributed by atoms with Crippen molar-refractivity contribution < 1.29 is 24.2 Å². The van der Waals surface area contributed by atoms with E-state index in [0.29, 0.717) is 19.0 Å². The van der Waals surface area contributed by atoms with Crippen molar-refractivity contribution in [3.05, 3.63) is 23.8 Å². The lowest BCUT2D eigenvalue weighted by molar-refractivity contribution is -0.141. The van der Waals surface area contributed by atoms with Crippen LogP contribution in [0.4, 0.5) is 0 Å². The minimum atomic E-state index is -1.03. The van der Waals surface area contributed by atoms with E-state index in [1.807, 2.05) is 18.2 Å². The first-order chi connectivity index (χ1) is 10.1. The van der Waals surface area contributed by atoms with Crippen LogP contribution in [0.3, 0.4) is 0 Å². The molecule has 0 saturated heterocycles. The molecule has 112 valence electrons. The maximum atomic E-state index is 12.0. The lowest BCUT2D eigenvalue weighted by atomic mass is 10.1. The Balaban J connectivity index is 1.65. The summed E-state index contributed by atoms with van der Waals surface area (Å²) in [5.74, 6) is 0.177. The first kappa shape index (κ1) is 13.7. The second kappa shape index (κ2) is 5.27. The number of rotatable bonds is 4. The van der Waals surface area contributed by atoms with Crippen LogP contribution in [0.2, 0.25) is 0 Å². The summed E-state index contributed by atoms with van der Waals surface area (Å²) in [5, 5.41) is 11.3. The molecule has 1 aromatic rings. The number of fused-ring (bicyclic) bond motifs is 1. The van der Waals surface area contributed by atoms with E-state index in [9.17, 15) is 9.59 Å². The maximum Gasteiger partial charge on any atom is 0.325 e. The molecule has 2 aliphatic rings. The van der Waals surface area contributed by atoms with Crippen LogP contribution in [0.5, 0.6) is 11.5 Å². The molecule has 0 aromatic heterocycles. The van der Waals surface area contributed by atoms with Gasteiger partial charge in [-0.2, -0.15) is 0 Å². The van der Waals surface area contributed by atoms with Crippen molar-refractivity contribution in [1.82, 2.24) is 5.32 Å². The average molecular weight is 291 g/mol. The van der Waals surface area contributed by atoms with Gasteiger partial charge in [0.1, 0.15) is 19.3 Å². The van der Waals surface area contributed by atoms with E-state index in [4.69, 9.17) is 14.6 Å². The summed E-state index contributed by atoms with van der Waals surface area (Å²) in [4.78, 5) is 22.7. The predicted octanol–water partition coefficient (Wildman–Crippen LogP) is 1.15. The monoisotopic (exact) mass is 291 g/mol. The third-order valence-electron chi connectivity index (χ3n) is 3.85. The van der Waals surface area contributed by atoms with Gasteiger partial charge in [0.2, 0.25) is 5.91 Å². The van der Waals surface area contributed by atoms with E-state index in [-0.39, 0.29) is 17.7 Å². The third kappa shape index (κ3) is 2.79. The van der Waals surface area contributed by atoms with Crippen molar-refractivity contribution >= 4 is 11.9 Å². The van der Waals surface area contributed by atoms with Gasteiger partial charge in [0.15, 0.2) is 11.5 Å². The molecule has 1 saturated carbocycles. The van der Waals surface area contributed by atoms with Crippen molar-refractivity contribution in [2.45, 2.75) is 25.3 Å². The Labute approximate surface area is 122 Å². The minimum Gasteiger partial charge on any atom is -0.486 e. The smallest absolute Gasteiger partial charge is 0.325 e. The van der Waals surface area contributed by atoms with E-state index in [2.05, 4.69) is 5.32 Å². The molecule has 21 heavy (non-hydrogen) atoms. The molecule has 1 aliphatic carbocycles. The number of hydrogen-bond acceptors (Lipinski definition) is 4. The summed E-state index contributed by atoms with van der Waals surface area (Å²) in [7, 11) is 0. The molecule has 0 bridgehead atoms. The molecule has 1 aromatic carbocycles. The van der Waals surface area contributed by atoms with Crippen LogP contribution in [-0.2, 0) is 9.59 Å². The molecule has 1 amide bonds. The van der Waals surface area contributed by atoms with E-state index in [1.165, 1.54) is 6.92 Å². The van der Waals surface area contributed by atoms with Gasteiger partial charge in [0.25, 0.3) is 0 Å². The molecular formula is C15H17NO5. The molecule has 3 rings (SSSR count). The molecular weight excluding hydrogens is 274 g/mol. The fourth-order valence-electron chi connectivity index (χ4n) is 2.53. The zero-order valence-corrected chi connectivity index (χ0v) is 11.7. The number of amides is 1. The van der Waals surface area contributed by atoms with Crippen LogP contribution < -0.4 is 14.8 Å². The van der Waals surface area contributed by atoms with Gasteiger partial charge in [-0.1, -0.05) is 6.07 Å². The van der Waals surface area contributed by atoms with Crippen molar-refractivity contribution in [3.8, 4) is 11.5 Å². The summed E-state index contributed by atoms with van der Waals surface area (Å²) in [5.41, 5.74) is 1.03. The molecule has 6 heteroatoms. The largest absolute Gasteiger partial charge is 0.486 e. The van der Waals surface area contributed by atoms with Gasteiger partial charge >= 0.3 is 5.97 Å². The molecule has 0 unspecified atom stereocenters. The zero-order valence-electron chi connectivity index (χ0n) is 11.7. The molecule has 0 radical (unpaired) electrons. The van der Waals surface area contributed by atoms with Crippen LogP contribution in [0, 0.1) is 5.92 Å². The molecule has 1 fully saturated rings. The van der Waals surface area contributed by atoms with Gasteiger partial charge in [-0.05, 0) is 37.0 Å². The number of carboxylic acids is 1. The number of carbonyl (C=O) groups is 2. The average Bonchev–Trinajstić information content (AvgIpc) is 3.27. The van der Waals surface area contributed by atoms with E-state index in [0.717, 1.165) is 17.7 Å². The fraction of sp³-hybridized carbons (Fsp3) is 0.467. The maximum absolute atomic E-state index is 12.0. The highest BCUT2D eigenvalue weighted by molar-refractivity contribution is 5.87. The molecule has 2 N–H and O–H groups in total. The van der Waals surface area contributed by atoms with E-state index < -0.39 is 12.0 Å². The third-order valence-corrected chi connectivity index (χ3v) is 3.85. The molecule has 1 aliphatic heterocycles. The molecule has 0 spiro atoms.